The van der Waals surface area contributed by atoms with Gasteiger partial charge >= 0.3 is 0 Å². The Kier molecular flexibility index (Phi) is 4.75. The van der Waals surface area contributed by atoms with Crippen molar-refractivity contribution in [1.29, 1.82) is 0 Å². The highest BCUT2D eigenvalue weighted by molar-refractivity contribution is 7.86. The first-order valence-corrected chi connectivity index (χ1v) is 8.83. The molecule has 1 atom stereocenters. The summed E-state index contributed by atoms with van der Waals surface area (Å²) in [6.07, 6.45) is 0.485. The number of thiophene rings is 1. The Morgan fingerprint density at radius 2 is 2.15 bits per heavy atom. The zero-order chi connectivity index (χ0) is 14.8. The zero-order valence-electron chi connectivity index (χ0n) is 11.8. The smallest absolute Gasteiger partial charge is 0.223 e. The average Bonchev–Trinajstić information content (AvgIpc) is 2.92. The SMILES string of the molecule is CC1(C)CN(C(=O)CCC(=O)c2cccs2)CC[S@]1=O. The summed E-state index contributed by atoms with van der Waals surface area (Å²) in [5.41, 5.74) is 0. The maximum Gasteiger partial charge on any atom is 0.223 e. The molecule has 0 aromatic carbocycles. The fourth-order valence-corrected chi connectivity index (χ4v) is 4.16. The van der Waals surface area contributed by atoms with Gasteiger partial charge in [-0.3, -0.25) is 13.8 Å². The summed E-state index contributed by atoms with van der Waals surface area (Å²) in [6.45, 7) is 4.87. The molecule has 2 rings (SSSR count). The van der Waals surface area contributed by atoms with Crippen molar-refractivity contribution in [2.45, 2.75) is 31.4 Å². The van der Waals surface area contributed by atoms with Crippen LogP contribution in [-0.2, 0) is 15.6 Å². The van der Waals surface area contributed by atoms with E-state index in [1.807, 2.05) is 25.3 Å². The Bertz CT molecular complexity index is 523. The fraction of sp³-hybridized carbons (Fsp3) is 0.571. The number of hydrogen-bond donors (Lipinski definition) is 0. The van der Waals surface area contributed by atoms with E-state index in [1.54, 1.807) is 11.0 Å². The maximum atomic E-state index is 12.1. The Balaban J connectivity index is 1.86. The third-order valence-corrected chi connectivity index (χ3v) is 6.28. The Morgan fingerprint density at radius 3 is 2.75 bits per heavy atom. The number of hydrogen-bond acceptors (Lipinski definition) is 4. The summed E-state index contributed by atoms with van der Waals surface area (Å²) in [7, 11) is -0.884. The Hall–Kier alpha value is -1.01. The van der Waals surface area contributed by atoms with Crippen molar-refractivity contribution < 1.29 is 13.8 Å². The number of rotatable bonds is 4. The summed E-state index contributed by atoms with van der Waals surface area (Å²) in [4.78, 5) is 26.5. The molecular formula is C14H19NO3S2. The van der Waals surface area contributed by atoms with Crippen LogP contribution in [0.2, 0.25) is 0 Å². The molecule has 0 spiro atoms. The van der Waals surface area contributed by atoms with E-state index < -0.39 is 10.8 Å². The average molecular weight is 313 g/mol. The van der Waals surface area contributed by atoms with Crippen LogP contribution in [0.1, 0.15) is 36.4 Å². The van der Waals surface area contributed by atoms with E-state index in [0.29, 0.717) is 23.7 Å². The second kappa shape index (κ2) is 6.18. The molecule has 4 nitrogen and oxygen atoms in total. The van der Waals surface area contributed by atoms with Gasteiger partial charge < -0.3 is 4.90 Å². The van der Waals surface area contributed by atoms with Gasteiger partial charge in [0, 0.05) is 42.5 Å². The van der Waals surface area contributed by atoms with E-state index in [0.717, 1.165) is 0 Å². The first kappa shape index (κ1) is 15.4. The first-order valence-electron chi connectivity index (χ1n) is 6.63. The quantitative estimate of drug-likeness (QED) is 0.800. The number of carbonyl (C=O) groups is 2. The molecule has 0 aliphatic carbocycles. The third kappa shape index (κ3) is 3.55. The number of nitrogens with zero attached hydrogens (tertiary/aromatic N) is 1. The van der Waals surface area contributed by atoms with Crippen molar-refractivity contribution in [2.75, 3.05) is 18.8 Å². The van der Waals surface area contributed by atoms with Gasteiger partial charge in [0.15, 0.2) is 5.78 Å². The lowest BCUT2D eigenvalue weighted by Gasteiger charge is -2.37. The van der Waals surface area contributed by atoms with Crippen molar-refractivity contribution in [3.05, 3.63) is 22.4 Å². The van der Waals surface area contributed by atoms with Gasteiger partial charge in [-0.05, 0) is 25.3 Å². The molecule has 0 bridgehead atoms. The van der Waals surface area contributed by atoms with Crippen LogP contribution in [0.5, 0.6) is 0 Å². The van der Waals surface area contributed by atoms with Crippen molar-refractivity contribution >= 4 is 33.8 Å². The highest BCUT2D eigenvalue weighted by Gasteiger charge is 2.35. The van der Waals surface area contributed by atoms with Crippen LogP contribution in [0.15, 0.2) is 17.5 Å². The molecule has 0 unspecified atom stereocenters. The molecule has 20 heavy (non-hydrogen) atoms. The fourth-order valence-electron chi connectivity index (χ4n) is 2.23. The van der Waals surface area contributed by atoms with E-state index in [9.17, 15) is 13.8 Å². The molecule has 1 aliphatic rings. The monoisotopic (exact) mass is 313 g/mol. The molecule has 0 N–H and O–H groups in total. The summed E-state index contributed by atoms with van der Waals surface area (Å²) >= 11 is 1.40. The minimum absolute atomic E-state index is 0.0142. The Labute approximate surface area is 125 Å². The molecule has 0 saturated carbocycles. The van der Waals surface area contributed by atoms with E-state index in [-0.39, 0.29) is 29.3 Å². The molecule has 1 aliphatic heterocycles. The van der Waals surface area contributed by atoms with Crippen LogP contribution in [0.4, 0.5) is 0 Å². The summed E-state index contributed by atoms with van der Waals surface area (Å²) in [6, 6.07) is 3.62. The molecule has 0 radical (unpaired) electrons. The van der Waals surface area contributed by atoms with Gasteiger partial charge in [0.1, 0.15) is 0 Å². The topological polar surface area (TPSA) is 54.5 Å². The predicted molar refractivity (Wildman–Crippen MR) is 81.6 cm³/mol. The summed E-state index contributed by atoms with van der Waals surface area (Å²) in [5.74, 6) is 0.533. The minimum Gasteiger partial charge on any atom is -0.340 e. The predicted octanol–water partition coefficient (Wildman–Crippen LogP) is 2.08. The molecule has 1 aromatic heterocycles. The number of amides is 1. The lowest BCUT2D eigenvalue weighted by Crippen LogP contribution is -2.52. The van der Waals surface area contributed by atoms with Crippen molar-refractivity contribution in [2.24, 2.45) is 0 Å². The van der Waals surface area contributed by atoms with E-state index >= 15 is 0 Å². The van der Waals surface area contributed by atoms with Crippen LogP contribution < -0.4 is 0 Å². The van der Waals surface area contributed by atoms with Crippen LogP contribution >= 0.6 is 11.3 Å². The van der Waals surface area contributed by atoms with Crippen LogP contribution in [-0.4, -0.2) is 44.4 Å². The molecule has 110 valence electrons. The summed E-state index contributed by atoms with van der Waals surface area (Å²) in [5, 5.41) is 1.86. The van der Waals surface area contributed by atoms with Gasteiger partial charge in [-0.25, -0.2) is 0 Å². The second-order valence-electron chi connectivity index (χ2n) is 5.53. The molecule has 6 heteroatoms. The largest absolute Gasteiger partial charge is 0.340 e. The molecule has 2 heterocycles. The molecule has 1 aromatic rings. The van der Waals surface area contributed by atoms with Gasteiger partial charge in [-0.2, -0.15) is 0 Å². The van der Waals surface area contributed by atoms with E-state index in [4.69, 9.17) is 0 Å². The van der Waals surface area contributed by atoms with Gasteiger partial charge in [0.25, 0.3) is 0 Å². The zero-order valence-corrected chi connectivity index (χ0v) is 13.4. The number of ketones is 1. The highest BCUT2D eigenvalue weighted by atomic mass is 32.2. The van der Waals surface area contributed by atoms with Gasteiger partial charge in [-0.1, -0.05) is 6.07 Å². The van der Waals surface area contributed by atoms with Crippen LogP contribution in [0.25, 0.3) is 0 Å². The van der Waals surface area contributed by atoms with E-state index in [1.165, 1.54) is 11.3 Å². The number of carbonyl (C=O) groups excluding carboxylic acids is 2. The minimum atomic E-state index is -0.884. The summed E-state index contributed by atoms with van der Waals surface area (Å²) < 4.78 is 11.5. The molecular weight excluding hydrogens is 294 g/mol. The number of Topliss-reactive ketones (excluding diaryl/α,β-unsaturated/α-hetero) is 1. The van der Waals surface area contributed by atoms with Gasteiger partial charge in [0.2, 0.25) is 5.91 Å². The third-order valence-electron chi connectivity index (χ3n) is 3.45. The first-order chi connectivity index (χ1) is 9.40. The normalized spacial score (nSPS) is 21.7. The standard InChI is InChI=1S/C14H19NO3S2/c1-14(2)10-15(7-9-20(14)18)13(17)6-5-11(16)12-4-3-8-19-12/h3-4,8H,5-7,9-10H2,1-2H3/t20-/m1/s1. The maximum absolute atomic E-state index is 12.1. The van der Waals surface area contributed by atoms with Crippen LogP contribution in [0.3, 0.4) is 0 Å². The highest BCUT2D eigenvalue weighted by Crippen LogP contribution is 2.21. The van der Waals surface area contributed by atoms with Crippen LogP contribution in [0, 0.1) is 0 Å². The van der Waals surface area contributed by atoms with Crippen molar-refractivity contribution in [3.8, 4) is 0 Å². The Morgan fingerprint density at radius 1 is 1.40 bits per heavy atom. The van der Waals surface area contributed by atoms with E-state index in [2.05, 4.69) is 0 Å². The molecule has 1 fully saturated rings. The van der Waals surface area contributed by atoms with Crippen molar-refractivity contribution in [3.63, 3.8) is 0 Å². The molecule has 1 amide bonds. The van der Waals surface area contributed by atoms with Gasteiger partial charge in [-0.15, -0.1) is 11.3 Å². The lowest BCUT2D eigenvalue weighted by atomic mass is 10.1. The second-order valence-corrected chi connectivity index (χ2v) is 8.68. The molecule has 1 saturated heterocycles. The lowest BCUT2D eigenvalue weighted by molar-refractivity contribution is -0.131. The van der Waals surface area contributed by atoms with Gasteiger partial charge in [0.05, 0.1) is 9.62 Å². The van der Waals surface area contributed by atoms with Crippen molar-refractivity contribution in [1.82, 2.24) is 4.90 Å².